The van der Waals surface area contributed by atoms with Crippen LogP contribution in [-0.2, 0) is 6.54 Å². The van der Waals surface area contributed by atoms with Crippen LogP contribution in [0.5, 0.6) is 0 Å². The molecule has 7 nitrogen and oxygen atoms in total. The van der Waals surface area contributed by atoms with Crippen LogP contribution in [0.2, 0.25) is 0 Å². The van der Waals surface area contributed by atoms with Crippen LogP contribution in [0.15, 0.2) is 46.6 Å². The molecule has 19 heavy (non-hydrogen) atoms. The molecule has 2 heterocycles. The zero-order valence-corrected chi connectivity index (χ0v) is 9.93. The minimum absolute atomic E-state index is 0.252. The molecule has 1 N–H and O–H groups in total. The molecular formula is C12H10N7+. The van der Waals surface area contributed by atoms with Gasteiger partial charge >= 0.3 is 5.84 Å². The van der Waals surface area contributed by atoms with Crippen molar-refractivity contribution in [3.05, 3.63) is 48.0 Å². The van der Waals surface area contributed by atoms with Crippen molar-refractivity contribution in [2.75, 3.05) is 0 Å². The number of nitrogens with zero attached hydrogens (tertiary/aromatic N) is 6. The Labute approximate surface area is 108 Å². The van der Waals surface area contributed by atoms with Gasteiger partial charge < -0.3 is 0 Å². The molecule has 0 saturated heterocycles. The van der Waals surface area contributed by atoms with Crippen molar-refractivity contribution in [1.82, 2.24) is 14.8 Å². The lowest BCUT2D eigenvalue weighted by atomic mass is 10.2. The molecule has 1 aliphatic rings. The first-order valence-electron chi connectivity index (χ1n) is 5.65. The van der Waals surface area contributed by atoms with Gasteiger partial charge in [0.05, 0.1) is 6.54 Å². The molecule has 0 radical (unpaired) electrons. The summed E-state index contributed by atoms with van der Waals surface area (Å²) < 4.78 is 1.72. The number of aliphatic imine (C=N–C) groups is 2. The van der Waals surface area contributed by atoms with Gasteiger partial charge in [-0.15, -0.1) is 0 Å². The highest BCUT2D eigenvalue weighted by Crippen LogP contribution is 2.07. The molecule has 0 saturated carbocycles. The van der Waals surface area contributed by atoms with Crippen LogP contribution in [0.3, 0.4) is 0 Å². The summed E-state index contributed by atoms with van der Waals surface area (Å²) >= 11 is 0. The van der Waals surface area contributed by atoms with E-state index >= 15 is 0 Å². The quantitative estimate of drug-likeness (QED) is 0.646. The Balaban J connectivity index is 1.94. The summed E-state index contributed by atoms with van der Waals surface area (Å²) in [5, 5.41) is 4.18. The number of hydrogen-bond acceptors (Lipinski definition) is 4. The van der Waals surface area contributed by atoms with Crippen LogP contribution in [0.25, 0.3) is 0 Å². The van der Waals surface area contributed by atoms with Crippen LogP contribution in [0.4, 0.5) is 0 Å². The zero-order chi connectivity index (χ0) is 13.1. The van der Waals surface area contributed by atoms with E-state index in [9.17, 15) is 0 Å². The minimum atomic E-state index is 0.252. The highest BCUT2D eigenvalue weighted by Gasteiger charge is 2.29. The van der Waals surface area contributed by atoms with Crippen molar-refractivity contribution >= 4 is 17.9 Å². The van der Waals surface area contributed by atoms with Crippen LogP contribution in [-0.4, -0.2) is 37.4 Å². The number of amidine groups is 1. The third-order valence-corrected chi connectivity index (χ3v) is 2.69. The van der Waals surface area contributed by atoms with Crippen molar-refractivity contribution < 1.29 is 4.79 Å². The van der Waals surface area contributed by atoms with E-state index in [1.54, 1.807) is 4.68 Å². The van der Waals surface area contributed by atoms with E-state index in [1.807, 2.05) is 30.3 Å². The lowest BCUT2D eigenvalue weighted by Gasteiger charge is -2.03. The summed E-state index contributed by atoms with van der Waals surface area (Å²) in [6.07, 6.45) is 2.82. The Bertz CT molecular complexity index is 705. The summed E-state index contributed by atoms with van der Waals surface area (Å²) in [7, 11) is 0. The molecule has 0 fully saturated rings. The van der Waals surface area contributed by atoms with Crippen molar-refractivity contribution in [2.24, 2.45) is 9.98 Å². The minimum Gasteiger partial charge on any atom is -0.240 e. The SMILES string of the molecule is N=[N+]=C1N=CN=C1c1ncnn1Cc1ccccc1. The predicted molar refractivity (Wildman–Crippen MR) is 68.6 cm³/mol. The first-order chi connectivity index (χ1) is 9.38. The van der Waals surface area contributed by atoms with Gasteiger partial charge in [0.15, 0.2) is 5.82 Å². The molecule has 1 aromatic heterocycles. The van der Waals surface area contributed by atoms with Crippen molar-refractivity contribution in [3.8, 4) is 0 Å². The molecule has 0 amide bonds. The Morgan fingerprint density at radius 3 is 2.84 bits per heavy atom. The maximum atomic E-state index is 7.06. The van der Waals surface area contributed by atoms with Gasteiger partial charge in [0.1, 0.15) is 6.33 Å². The Kier molecular flexibility index (Phi) is 2.80. The molecule has 92 valence electrons. The van der Waals surface area contributed by atoms with E-state index in [-0.39, 0.29) is 5.84 Å². The number of nitrogens with one attached hydrogen (secondary N) is 1. The van der Waals surface area contributed by atoms with Gasteiger partial charge in [-0.1, -0.05) is 35.1 Å². The monoisotopic (exact) mass is 252 g/mol. The summed E-state index contributed by atoms with van der Waals surface area (Å²) in [5.41, 5.74) is 8.65. The summed E-state index contributed by atoms with van der Waals surface area (Å²) in [6.45, 7) is 0.584. The van der Waals surface area contributed by atoms with Crippen molar-refractivity contribution in [1.29, 1.82) is 5.53 Å². The van der Waals surface area contributed by atoms with E-state index in [4.69, 9.17) is 5.53 Å². The van der Waals surface area contributed by atoms with Crippen LogP contribution in [0, 0.1) is 5.53 Å². The first-order valence-corrected chi connectivity index (χ1v) is 5.65. The Morgan fingerprint density at radius 1 is 1.21 bits per heavy atom. The molecular weight excluding hydrogens is 242 g/mol. The van der Waals surface area contributed by atoms with E-state index in [0.717, 1.165) is 5.56 Å². The van der Waals surface area contributed by atoms with E-state index in [1.165, 1.54) is 12.7 Å². The number of hydrogen-bond donors (Lipinski definition) is 1. The summed E-state index contributed by atoms with van der Waals surface area (Å²) in [6, 6.07) is 9.93. The molecule has 0 spiro atoms. The van der Waals surface area contributed by atoms with Crippen LogP contribution in [0.1, 0.15) is 11.4 Å². The maximum Gasteiger partial charge on any atom is 0.477 e. The van der Waals surface area contributed by atoms with Crippen LogP contribution >= 0.6 is 0 Å². The Morgan fingerprint density at radius 2 is 2.05 bits per heavy atom. The second-order valence-corrected chi connectivity index (χ2v) is 3.88. The average molecular weight is 252 g/mol. The van der Waals surface area contributed by atoms with Crippen LogP contribution < -0.4 is 0 Å². The Hall–Kier alpha value is -2.92. The second-order valence-electron chi connectivity index (χ2n) is 3.88. The highest BCUT2D eigenvalue weighted by molar-refractivity contribution is 6.48. The largest absolute Gasteiger partial charge is 0.477 e. The number of benzene rings is 1. The second kappa shape index (κ2) is 4.75. The number of aromatic nitrogens is 3. The van der Waals surface area contributed by atoms with Gasteiger partial charge in [0, 0.05) is 0 Å². The van der Waals surface area contributed by atoms with E-state index < -0.39 is 0 Å². The molecule has 0 atom stereocenters. The van der Waals surface area contributed by atoms with E-state index in [2.05, 4.69) is 24.9 Å². The lowest BCUT2D eigenvalue weighted by molar-refractivity contribution is -0.117. The normalized spacial score (nSPS) is 13.5. The fourth-order valence-corrected chi connectivity index (χ4v) is 1.82. The molecule has 3 rings (SSSR count). The van der Waals surface area contributed by atoms with Crippen molar-refractivity contribution in [2.45, 2.75) is 6.54 Å². The average Bonchev–Trinajstić information content (AvgIpc) is 3.07. The fourth-order valence-electron chi connectivity index (χ4n) is 1.82. The lowest BCUT2D eigenvalue weighted by Crippen LogP contribution is -2.19. The van der Waals surface area contributed by atoms with Gasteiger partial charge in [0.25, 0.3) is 0 Å². The highest BCUT2D eigenvalue weighted by atomic mass is 15.3. The molecule has 7 heteroatoms. The van der Waals surface area contributed by atoms with Gasteiger partial charge in [-0.3, -0.25) is 0 Å². The molecule has 1 aliphatic heterocycles. The smallest absolute Gasteiger partial charge is 0.240 e. The van der Waals surface area contributed by atoms with Crippen molar-refractivity contribution in [3.63, 3.8) is 0 Å². The zero-order valence-electron chi connectivity index (χ0n) is 9.93. The molecule has 2 aromatic rings. The van der Waals surface area contributed by atoms with E-state index in [0.29, 0.717) is 18.1 Å². The van der Waals surface area contributed by atoms with Gasteiger partial charge in [-0.05, 0) is 16.1 Å². The summed E-state index contributed by atoms with van der Waals surface area (Å²) in [4.78, 5) is 15.5. The fraction of sp³-hybridized carbons (Fsp3) is 0.0833. The molecule has 0 unspecified atom stereocenters. The molecule has 1 aromatic carbocycles. The maximum absolute atomic E-state index is 7.06. The van der Waals surface area contributed by atoms with Gasteiger partial charge in [-0.2, -0.15) is 10.1 Å². The molecule has 0 aliphatic carbocycles. The first kappa shape index (κ1) is 11.2. The van der Waals surface area contributed by atoms with Gasteiger partial charge in [0.2, 0.25) is 12.1 Å². The third-order valence-electron chi connectivity index (χ3n) is 2.69. The summed E-state index contributed by atoms with van der Waals surface area (Å²) in [5.74, 6) is 0.815. The topological polar surface area (TPSA) is 93.4 Å². The standard InChI is InChI=1S/C12H10N7/c13-18-11-10(14-7-15-11)12-16-8-17-19(12)6-9-4-2-1-3-5-9/h1-5,7-8,13H,6H2/q+1. The third kappa shape index (κ3) is 2.10. The molecule has 0 bridgehead atoms. The number of rotatable bonds is 3. The van der Waals surface area contributed by atoms with Gasteiger partial charge in [-0.25, -0.2) is 9.67 Å². The predicted octanol–water partition coefficient (Wildman–Crippen LogP) is 0.795.